The highest BCUT2D eigenvalue weighted by Crippen LogP contribution is 2.19. The maximum atomic E-state index is 12.4. The first kappa shape index (κ1) is 15.4. The maximum Gasteiger partial charge on any atom is 0.259 e. The predicted octanol–water partition coefficient (Wildman–Crippen LogP) is 0.527. The maximum absolute atomic E-state index is 12.4. The van der Waals surface area contributed by atoms with Crippen LogP contribution in [0, 0.1) is 6.92 Å². The Hall–Kier alpha value is -1.52. The van der Waals surface area contributed by atoms with Gasteiger partial charge in [0.2, 0.25) is 0 Å². The molecule has 0 bridgehead atoms. The topological polar surface area (TPSA) is 93.0 Å². The number of imidazole rings is 1. The molecule has 1 saturated heterocycles. The molecule has 1 fully saturated rings. The fourth-order valence-corrected chi connectivity index (χ4v) is 4.24. The van der Waals surface area contributed by atoms with Gasteiger partial charge in [0.1, 0.15) is 5.82 Å². The Morgan fingerprint density at radius 2 is 2.09 bits per heavy atom. The lowest BCUT2D eigenvalue weighted by atomic mass is 10.1. The Balaban J connectivity index is 1.62. The molecule has 1 aliphatic heterocycles. The molecule has 8 nitrogen and oxygen atoms in total. The molecule has 0 amide bonds. The zero-order chi connectivity index (χ0) is 15.7. The molecule has 22 heavy (non-hydrogen) atoms. The zero-order valence-corrected chi connectivity index (χ0v) is 14.1. The van der Waals surface area contributed by atoms with Gasteiger partial charge in [-0.2, -0.15) is 8.75 Å². The Morgan fingerprint density at radius 3 is 2.64 bits per heavy atom. The van der Waals surface area contributed by atoms with Gasteiger partial charge < -0.3 is 9.47 Å². The van der Waals surface area contributed by atoms with E-state index in [9.17, 15) is 8.42 Å². The summed E-state index contributed by atoms with van der Waals surface area (Å²) in [5, 5.41) is 0.0821. The highest BCUT2D eigenvalue weighted by molar-refractivity contribution is 7.89. The van der Waals surface area contributed by atoms with Crippen LogP contribution >= 0.6 is 11.7 Å². The van der Waals surface area contributed by atoms with Crippen LogP contribution in [0.2, 0.25) is 0 Å². The van der Waals surface area contributed by atoms with Crippen molar-refractivity contribution in [3.8, 4) is 0 Å². The lowest BCUT2D eigenvalue weighted by molar-refractivity contribution is 0.458. The molecule has 0 spiro atoms. The van der Waals surface area contributed by atoms with Gasteiger partial charge in [0.05, 0.1) is 17.9 Å². The average Bonchev–Trinajstić information content (AvgIpc) is 3.11. The SMILES string of the molecule is Cc1nc(S(=O)(=O)NC2CCN(c3cnsn3)CC2)cn1C. The van der Waals surface area contributed by atoms with E-state index >= 15 is 0 Å². The van der Waals surface area contributed by atoms with Crippen LogP contribution in [-0.2, 0) is 17.1 Å². The molecule has 0 saturated carbocycles. The summed E-state index contributed by atoms with van der Waals surface area (Å²) in [6.45, 7) is 3.30. The third-order valence-corrected chi connectivity index (χ3v) is 5.71. The Bertz CT molecular complexity index is 712. The molecule has 0 atom stereocenters. The average molecular weight is 342 g/mol. The van der Waals surface area contributed by atoms with Crippen LogP contribution in [0.25, 0.3) is 0 Å². The highest BCUT2D eigenvalue weighted by Gasteiger charge is 2.27. The van der Waals surface area contributed by atoms with Crippen molar-refractivity contribution in [3.63, 3.8) is 0 Å². The normalized spacial score (nSPS) is 17.1. The van der Waals surface area contributed by atoms with E-state index in [2.05, 4.69) is 23.4 Å². The van der Waals surface area contributed by atoms with Crippen LogP contribution in [0.1, 0.15) is 18.7 Å². The van der Waals surface area contributed by atoms with Gasteiger partial charge in [0.15, 0.2) is 10.8 Å². The lowest BCUT2D eigenvalue weighted by Crippen LogP contribution is -2.44. The molecule has 0 aliphatic carbocycles. The molecule has 1 N–H and O–H groups in total. The summed E-state index contributed by atoms with van der Waals surface area (Å²) < 4.78 is 37.4. The zero-order valence-electron chi connectivity index (χ0n) is 12.4. The quantitative estimate of drug-likeness (QED) is 0.871. The Kier molecular flexibility index (Phi) is 4.15. The third-order valence-electron chi connectivity index (χ3n) is 3.85. The number of anilines is 1. The summed E-state index contributed by atoms with van der Waals surface area (Å²) in [6.07, 6.45) is 4.75. The van der Waals surface area contributed by atoms with Crippen molar-refractivity contribution in [2.45, 2.75) is 30.8 Å². The first-order chi connectivity index (χ1) is 10.5. The van der Waals surface area contributed by atoms with Crippen LogP contribution in [0.4, 0.5) is 5.82 Å². The van der Waals surface area contributed by atoms with E-state index in [0.717, 1.165) is 31.7 Å². The van der Waals surface area contributed by atoms with E-state index in [1.54, 1.807) is 24.7 Å². The van der Waals surface area contributed by atoms with Crippen LogP contribution in [0.15, 0.2) is 17.4 Å². The molecule has 0 radical (unpaired) electrons. The fourth-order valence-electron chi connectivity index (χ4n) is 2.46. The van der Waals surface area contributed by atoms with Gasteiger partial charge in [0, 0.05) is 32.4 Å². The first-order valence-corrected chi connectivity index (χ1v) is 9.22. The molecule has 120 valence electrons. The van der Waals surface area contributed by atoms with E-state index in [1.165, 1.54) is 17.9 Å². The van der Waals surface area contributed by atoms with Crippen LogP contribution in [0.3, 0.4) is 0 Å². The van der Waals surface area contributed by atoms with E-state index in [4.69, 9.17) is 0 Å². The molecule has 0 aromatic carbocycles. The van der Waals surface area contributed by atoms with Crippen molar-refractivity contribution >= 4 is 27.6 Å². The Morgan fingerprint density at radius 1 is 1.36 bits per heavy atom. The number of nitrogens with zero attached hydrogens (tertiary/aromatic N) is 5. The minimum absolute atomic E-state index is 0.0739. The summed E-state index contributed by atoms with van der Waals surface area (Å²) in [6, 6.07) is -0.0739. The Labute approximate surface area is 133 Å². The number of rotatable bonds is 4. The standard InChI is InChI=1S/C12H18N6O2S2/c1-9-14-12(8-17(9)2)22(19,20)16-10-3-5-18(6-4-10)11-7-13-21-15-11/h7-8,10,16H,3-6H2,1-2H3. The van der Waals surface area contributed by atoms with Crippen molar-refractivity contribution in [3.05, 3.63) is 18.2 Å². The van der Waals surface area contributed by atoms with Crippen molar-refractivity contribution in [2.75, 3.05) is 18.0 Å². The van der Waals surface area contributed by atoms with Gasteiger partial charge >= 0.3 is 0 Å². The van der Waals surface area contributed by atoms with E-state index < -0.39 is 10.0 Å². The van der Waals surface area contributed by atoms with Crippen LogP contribution in [0.5, 0.6) is 0 Å². The number of aryl methyl sites for hydroxylation is 2. The summed E-state index contributed by atoms with van der Waals surface area (Å²) >= 11 is 1.18. The molecular formula is C12H18N6O2S2. The number of nitrogens with one attached hydrogen (secondary N) is 1. The van der Waals surface area contributed by atoms with E-state index in [-0.39, 0.29) is 11.1 Å². The highest BCUT2D eigenvalue weighted by atomic mass is 32.2. The second-order valence-electron chi connectivity index (χ2n) is 5.39. The fraction of sp³-hybridized carbons (Fsp3) is 0.583. The van der Waals surface area contributed by atoms with Crippen molar-refractivity contribution < 1.29 is 8.42 Å². The minimum atomic E-state index is -3.56. The molecule has 3 heterocycles. The second kappa shape index (κ2) is 5.94. The van der Waals surface area contributed by atoms with Gasteiger partial charge in [-0.3, -0.25) is 0 Å². The molecule has 0 unspecified atom stereocenters. The predicted molar refractivity (Wildman–Crippen MR) is 83.4 cm³/mol. The number of aromatic nitrogens is 4. The van der Waals surface area contributed by atoms with Gasteiger partial charge in [-0.05, 0) is 19.8 Å². The molecular weight excluding hydrogens is 324 g/mol. The smallest absolute Gasteiger partial charge is 0.259 e. The molecule has 1 aliphatic rings. The van der Waals surface area contributed by atoms with E-state index in [0.29, 0.717) is 5.82 Å². The molecule has 2 aromatic heterocycles. The van der Waals surface area contributed by atoms with Crippen molar-refractivity contribution in [1.82, 2.24) is 23.0 Å². The monoisotopic (exact) mass is 342 g/mol. The molecule has 2 aromatic rings. The number of piperidine rings is 1. The van der Waals surface area contributed by atoms with Gasteiger partial charge in [0.25, 0.3) is 10.0 Å². The second-order valence-corrected chi connectivity index (χ2v) is 7.60. The number of hydrogen-bond donors (Lipinski definition) is 1. The number of hydrogen-bond acceptors (Lipinski definition) is 7. The first-order valence-electron chi connectivity index (χ1n) is 7.00. The third kappa shape index (κ3) is 3.13. The van der Waals surface area contributed by atoms with Gasteiger partial charge in [-0.15, -0.1) is 0 Å². The van der Waals surface area contributed by atoms with Gasteiger partial charge in [-0.1, -0.05) is 0 Å². The van der Waals surface area contributed by atoms with E-state index in [1.807, 2.05) is 0 Å². The lowest BCUT2D eigenvalue weighted by Gasteiger charge is -2.31. The van der Waals surface area contributed by atoms with Gasteiger partial charge in [-0.25, -0.2) is 18.1 Å². The summed E-state index contributed by atoms with van der Waals surface area (Å²) in [5.74, 6) is 1.54. The van der Waals surface area contributed by atoms with Crippen LogP contribution in [-0.4, -0.2) is 45.8 Å². The molecule has 3 rings (SSSR count). The van der Waals surface area contributed by atoms with Crippen molar-refractivity contribution in [1.29, 1.82) is 0 Å². The summed E-state index contributed by atoms with van der Waals surface area (Å²) in [7, 11) is -1.78. The van der Waals surface area contributed by atoms with Crippen molar-refractivity contribution in [2.24, 2.45) is 7.05 Å². The number of sulfonamides is 1. The van der Waals surface area contributed by atoms with Crippen LogP contribution < -0.4 is 9.62 Å². The summed E-state index contributed by atoms with van der Waals surface area (Å²) in [5.41, 5.74) is 0. The summed E-state index contributed by atoms with van der Waals surface area (Å²) in [4.78, 5) is 6.21. The molecule has 10 heteroatoms. The largest absolute Gasteiger partial charge is 0.354 e. The minimum Gasteiger partial charge on any atom is -0.354 e.